The molecule has 0 fully saturated rings. The molecule has 2 N–H and O–H groups in total. The summed E-state index contributed by atoms with van der Waals surface area (Å²) in [7, 11) is -8.01. The van der Waals surface area contributed by atoms with Crippen LogP contribution >= 0.6 is 15.9 Å². The van der Waals surface area contributed by atoms with Gasteiger partial charge in [0, 0.05) is 15.8 Å². The number of sulfonamides is 2. The normalized spacial score (nSPS) is 11.4. The summed E-state index contributed by atoms with van der Waals surface area (Å²) in [6, 6.07) is 26.6. The van der Waals surface area contributed by atoms with E-state index in [1.165, 1.54) is 36.4 Å². The summed E-state index contributed by atoms with van der Waals surface area (Å²) in [5.41, 5.74) is 0.902. The molecule has 0 heterocycles. The van der Waals surface area contributed by atoms with Gasteiger partial charge in [0.05, 0.1) is 22.1 Å². The van der Waals surface area contributed by atoms with Crippen LogP contribution in [-0.2, 0) is 24.8 Å². The van der Waals surface area contributed by atoms with Gasteiger partial charge in [0.15, 0.2) is 0 Å². The lowest BCUT2D eigenvalue weighted by atomic mass is 10.3. The van der Waals surface area contributed by atoms with E-state index in [2.05, 4.69) is 26.0 Å². The zero-order valence-electron chi connectivity index (χ0n) is 21.3. The predicted octanol–water partition coefficient (Wildman–Crippen LogP) is 5.48. The van der Waals surface area contributed by atoms with Crippen LogP contribution in [0.2, 0.25) is 0 Å². The van der Waals surface area contributed by atoms with E-state index in [1.54, 1.807) is 73.7 Å². The minimum Gasteiger partial charge on any atom is -0.492 e. The van der Waals surface area contributed by atoms with Crippen LogP contribution in [0.25, 0.3) is 0 Å². The summed E-state index contributed by atoms with van der Waals surface area (Å²) in [5, 5.41) is 2.65. The maximum atomic E-state index is 13.6. The van der Waals surface area contributed by atoms with Gasteiger partial charge in [-0.1, -0.05) is 46.3 Å². The van der Waals surface area contributed by atoms with Crippen molar-refractivity contribution in [2.75, 3.05) is 27.5 Å². The third-order valence-electron chi connectivity index (χ3n) is 5.60. The van der Waals surface area contributed by atoms with Crippen molar-refractivity contribution in [3.8, 4) is 5.75 Å². The average Bonchev–Trinajstić information content (AvgIpc) is 2.94. The van der Waals surface area contributed by atoms with E-state index in [4.69, 9.17) is 4.74 Å². The lowest BCUT2D eigenvalue weighted by Gasteiger charge is -2.26. The summed E-state index contributed by atoms with van der Waals surface area (Å²) in [5.74, 6) is -0.320. The van der Waals surface area contributed by atoms with Gasteiger partial charge in [0.1, 0.15) is 12.3 Å². The standard InChI is InChI=1S/C28H26BrN3O6S2/c1-2-38-27-11-7-6-10-26(27)32(40(36,37)25-8-4-3-5-9-25)20-28(33)30-22-16-18-24(19-17-22)39(34,35)31-23-14-12-21(29)13-15-23/h3-19,31H,2,20H2,1H3,(H,30,33). The largest absolute Gasteiger partial charge is 0.492 e. The quantitative estimate of drug-likeness (QED) is 0.223. The van der Waals surface area contributed by atoms with Crippen molar-refractivity contribution in [1.82, 2.24) is 0 Å². The first-order valence-corrected chi connectivity index (χ1v) is 15.8. The van der Waals surface area contributed by atoms with Gasteiger partial charge in [-0.2, -0.15) is 0 Å². The first-order valence-electron chi connectivity index (χ1n) is 12.1. The van der Waals surface area contributed by atoms with Crippen LogP contribution in [0.1, 0.15) is 6.92 Å². The number of nitrogens with zero attached hydrogens (tertiary/aromatic N) is 1. The van der Waals surface area contributed by atoms with Crippen LogP contribution in [0.4, 0.5) is 17.1 Å². The summed E-state index contributed by atoms with van der Waals surface area (Å²) in [6.45, 7) is 1.53. The van der Waals surface area contributed by atoms with Crippen molar-refractivity contribution >= 4 is 58.9 Å². The average molecular weight is 645 g/mol. The molecule has 0 aliphatic carbocycles. The molecule has 1 amide bonds. The monoisotopic (exact) mass is 643 g/mol. The van der Waals surface area contributed by atoms with Gasteiger partial charge in [-0.05, 0) is 79.7 Å². The Kier molecular flexibility index (Phi) is 9.13. The molecule has 208 valence electrons. The van der Waals surface area contributed by atoms with Crippen LogP contribution in [0.5, 0.6) is 5.75 Å². The number of para-hydroxylation sites is 2. The number of ether oxygens (including phenoxy) is 1. The van der Waals surface area contributed by atoms with Crippen molar-refractivity contribution in [2.24, 2.45) is 0 Å². The molecule has 0 atom stereocenters. The predicted molar refractivity (Wildman–Crippen MR) is 159 cm³/mol. The number of carbonyl (C=O) groups excluding carboxylic acids is 1. The van der Waals surface area contributed by atoms with Crippen molar-refractivity contribution in [1.29, 1.82) is 0 Å². The fourth-order valence-electron chi connectivity index (χ4n) is 3.74. The van der Waals surface area contributed by atoms with Crippen LogP contribution in [0.3, 0.4) is 0 Å². The molecule has 40 heavy (non-hydrogen) atoms. The van der Waals surface area contributed by atoms with Crippen LogP contribution in [0.15, 0.2) is 117 Å². The molecule has 0 radical (unpaired) electrons. The molecule has 4 aromatic rings. The molecule has 4 rings (SSSR count). The Bertz CT molecular complexity index is 1680. The van der Waals surface area contributed by atoms with E-state index in [0.29, 0.717) is 23.7 Å². The third kappa shape index (κ3) is 7.00. The van der Waals surface area contributed by atoms with E-state index in [1.807, 2.05) is 0 Å². The van der Waals surface area contributed by atoms with Gasteiger partial charge < -0.3 is 10.1 Å². The Morgan fingerprint density at radius 1 is 0.775 bits per heavy atom. The number of amides is 1. The van der Waals surface area contributed by atoms with Gasteiger partial charge in [-0.25, -0.2) is 16.8 Å². The van der Waals surface area contributed by atoms with Gasteiger partial charge in [0.25, 0.3) is 20.0 Å². The van der Waals surface area contributed by atoms with Gasteiger partial charge in [0.2, 0.25) is 5.91 Å². The number of carbonyl (C=O) groups is 1. The second-order valence-corrected chi connectivity index (χ2v) is 12.9. The number of halogens is 1. The van der Waals surface area contributed by atoms with E-state index in [9.17, 15) is 21.6 Å². The van der Waals surface area contributed by atoms with E-state index < -0.39 is 32.5 Å². The second-order valence-electron chi connectivity index (χ2n) is 8.41. The van der Waals surface area contributed by atoms with Gasteiger partial charge >= 0.3 is 0 Å². The zero-order chi connectivity index (χ0) is 28.8. The highest BCUT2D eigenvalue weighted by Gasteiger charge is 2.29. The maximum absolute atomic E-state index is 13.6. The minimum atomic E-state index is -4.14. The lowest BCUT2D eigenvalue weighted by molar-refractivity contribution is -0.114. The maximum Gasteiger partial charge on any atom is 0.264 e. The van der Waals surface area contributed by atoms with E-state index in [0.717, 1.165) is 8.78 Å². The number of hydrogen-bond acceptors (Lipinski definition) is 6. The molecule has 0 saturated heterocycles. The molecule has 9 nitrogen and oxygen atoms in total. The molecule has 12 heteroatoms. The Morgan fingerprint density at radius 2 is 1.38 bits per heavy atom. The van der Waals surface area contributed by atoms with Crippen LogP contribution in [-0.4, -0.2) is 35.9 Å². The molecular formula is C28H26BrN3O6S2. The molecule has 0 bridgehead atoms. The SMILES string of the molecule is CCOc1ccccc1N(CC(=O)Nc1ccc(S(=O)(=O)Nc2ccc(Br)cc2)cc1)S(=O)(=O)c1ccccc1. The Morgan fingerprint density at radius 3 is 2.02 bits per heavy atom. The van der Waals surface area contributed by atoms with Crippen molar-refractivity contribution < 1.29 is 26.4 Å². The van der Waals surface area contributed by atoms with Crippen LogP contribution in [0, 0.1) is 0 Å². The fourth-order valence-corrected chi connectivity index (χ4v) is 6.52. The second kappa shape index (κ2) is 12.5. The number of anilines is 3. The Balaban J connectivity index is 1.55. The van der Waals surface area contributed by atoms with E-state index in [-0.39, 0.29) is 15.5 Å². The van der Waals surface area contributed by atoms with Crippen molar-refractivity contribution in [2.45, 2.75) is 16.7 Å². The van der Waals surface area contributed by atoms with Crippen molar-refractivity contribution in [3.05, 3.63) is 108 Å². The highest BCUT2D eigenvalue weighted by Crippen LogP contribution is 2.32. The lowest BCUT2D eigenvalue weighted by Crippen LogP contribution is -2.38. The topological polar surface area (TPSA) is 122 Å². The molecule has 0 aliphatic heterocycles. The first-order chi connectivity index (χ1) is 19.1. The smallest absolute Gasteiger partial charge is 0.264 e. The molecule has 0 spiro atoms. The highest BCUT2D eigenvalue weighted by atomic mass is 79.9. The van der Waals surface area contributed by atoms with Gasteiger partial charge in [-0.3, -0.25) is 13.8 Å². The molecular weight excluding hydrogens is 618 g/mol. The molecule has 0 aliphatic rings. The van der Waals surface area contributed by atoms with Gasteiger partial charge in [-0.15, -0.1) is 0 Å². The molecule has 0 saturated carbocycles. The summed E-state index contributed by atoms with van der Waals surface area (Å²) in [6.07, 6.45) is 0. The number of rotatable bonds is 11. The van der Waals surface area contributed by atoms with Crippen molar-refractivity contribution in [3.63, 3.8) is 0 Å². The van der Waals surface area contributed by atoms with Crippen LogP contribution < -0.4 is 19.1 Å². The summed E-state index contributed by atoms with van der Waals surface area (Å²) in [4.78, 5) is 13.1. The minimum absolute atomic E-state index is 0.00709. The molecule has 4 aromatic carbocycles. The summed E-state index contributed by atoms with van der Waals surface area (Å²) < 4.78 is 62.7. The fraction of sp³-hybridized carbons (Fsp3) is 0.107. The third-order valence-corrected chi connectivity index (χ3v) is 9.30. The summed E-state index contributed by atoms with van der Waals surface area (Å²) >= 11 is 3.30. The molecule has 0 aromatic heterocycles. The first kappa shape index (κ1) is 29.1. The Hall–Kier alpha value is -3.87. The molecule has 0 unspecified atom stereocenters. The number of hydrogen-bond donors (Lipinski definition) is 2. The number of nitrogens with one attached hydrogen (secondary N) is 2. The van der Waals surface area contributed by atoms with E-state index >= 15 is 0 Å². The number of benzene rings is 4. The highest BCUT2D eigenvalue weighted by molar-refractivity contribution is 9.10. The zero-order valence-corrected chi connectivity index (χ0v) is 24.5. The Labute approximate surface area is 242 Å².